The van der Waals surface area contributed by atoms with Crippen molar-refractivity contribution in [3.8, 4) is 0 Å². The molecule has 0 radical (unpaired) electrons. The van der Waals surface area contributed by atoms with Crippen LogP contribution in [0, 0.1) is 0 Å². The highest BCUT2D eigenvalue weighted by Gasteiger charge is 2.08. The van der Waals surface area contributed by atoms with Gasteiger partial charge in [0.05, 0.1) is 0 Å². The molecule has 0 fully saturated rings. The monoisotopic (exact) mass is 137 g/mol. The molecule has 0 heterocycles. The highest BCUT2D eigenvalue weighted by Crippen LogP contribution is 2.24. The molecule has 1 heteroatoms. The van der Waals surface area contributed by atoms with Crippen LogP contribution in [0.4, 0.5) is 0 Å². The SMILES string of the molecule is C=C(CN(C)C)C1=CCC1. The Hall–Kier alpha value is -0.560. The summed E-state index contributed by atoms with van der Waals surface area (Å²) in [5.74, 6) is 0. The van der Waals surface area contributed by atoms with Crippen molar-refractivity contribution in [1.82, 2.24) is 4.90 Å². The summed E-state index contributed by atoms with van der Waals surface area (Å²) in [7, 11) is 4.15. The lowest BCUT2D eigenvalue weighted by Crippen LogP contribution is -2.16. The van der Waals surface area contributed by atoms with E-state index < -0.39 is 0 Å². The second-order valence-electron chi connectivity index (χ2n) is 3.11. The second kappa shape index (κ2) is 3.02. The smallest absolute Gasteiger partial charge is 0.0224 e. The molecule has 0 amide bonds. The van der Waals surface area contributed by atoms with Gasteiger partial charge in [-0.1, -0.05) is 12.7 Å². The largest absolute Gasteiger partial charge is 0.305 e. The maximum atomic E-state index is 4.01. The number of nitrogens with zero attached hydrogens (tertiary/aromatic N) is 1. The lowest BCUT2D eigenvalue weighted by atomic mass is 9.92. The van der Waals surface area contributed by atoms with Gasteiger partial charge in [0.25, 0.3) is 0 Å². The van der Waals surface area contributed by atoms with Crippen molar-refractivity contribution in [3.05, 3.63) is 23.8 Å². The molecule has 1 aliphatic carbocycles. The van der Waals surface area contributed by atoms with Crippen LogP contribution < -0.4 is 0 Å². The van der Waals surface area contributed by atoms with Crippen LogP contribution in [0.3, 0.4) is 0 Å². The minimum absolute atomic E-state index is 1.01. The lowest BCUT2D eigenvalue weighted by Gasteiger charge is -2.19. The van der Waals surface area contributed by atoms with Crippen LogP contribution in [-0.4, -0.2) is 25.5 Å². The van der Waals surface area contributed by atoms with E-state index in [-0.39, 0.29) is 0 Å². The summed E-state index contributed by atoms with van der Waals surface area (Å²) in [5.41, 5.74) is 2.75. The first kappa shape index (κ1) is 7.55. The molecule has 0 aromatic carbocycles. The van der Waals surface area contributed by atoms with Crippen LogP contribution in [0.1, 0.15) is 12.8 Å². The van der Waals surface area contributed by atoms with Gasteiger partial charge in [-0.05, 0) is 38.1 Å². The van der Waals surface area contributed by atoms with Crippen molar-refractivity contribution in [2.75, 3.05) is 20.6 Å². The molecule has 0 aliphatic heterocycles. The Bertz CT molecular complexity index is 166. The van der Waals surface area contributed by atoms with Gasteiger partial charge < -0.3 is 4.90 Å². The van der Waals surface area contributed by atoms with Gasteiger partial charge in [-0.15, -0.1) is 0 Å². The third-order valence-electron chi connectivity index (χ3n) is 1.77. The molecule has 56 valence electrons. The van der Waals surface area contributed by atoms with Gasteiger partial charge >= 0.3 is 0 Å². The summed E-state index contributed by atoms with van der Waals surface area (Å²) in [6, 6.07) is 0. The summed E-state index contributed by atoms with van der Waals surface area (Å²) in [6.45, 7) is 5.01. The Morgan fingerprint density at radius 3 is 2.60 bits per heavy atom. The van der Waals surface area contributed by atoms with Crippen LogP contribution in [0.15, 0.2) is 23.8 Å². The van der Waals surface area contributed by atoms with Crippen molar-refractivity contribution < 1.29 is 0 Å². The Labute approximate surface area is 63.0 Å². The molecular weight excluding hydrogens is 122 g/mol. The molecule has 0 aromatic heterocycles. The molecule has 10 heavy (non-hydrogen) atoms. The summed E-state index contributed by atoms with van der Waals surface area (Å²) in [4.78, 5) is 2.15. The zero-order chi connectivity index (χ0) is 7.56. The van der Waals surface area contributed by atoms with Crippen LogP contribution in [-0.2, 0) is 0 Å². The zero-order valence-electron chi connectivity index (χ0n) is 6.85. The summed E-state index contributed by atoms with van der Waals surface area (Å²) < 4.78 is 0. The van der Waals surface area contributed by atoms with Crippen LogP contribution in [0.25, 0.3) is 0 Å². The first-order chi connectivity index (χ1) is 4.70. The fourth-order valence-electron chi connectivity index (χ4n) is 1.09. The van der Waals surface area contributed by atoms with E-state index in [1.807, 2.05) is 0 Å². The predicted molar refractivity (Wildman–Crippen MR) is 45.0 cm³/mol. The molecule has 0 atom stereocenters. The van der Waals surface area contributed by atoms with E-state index in [0.717, 1.165) is 6.54 Å². The van der Waals surface area contributed by atoms with E-state index in [9.17, 15) is 0 Å². The molecule has 0 spiro atoms. The molecule has 1 nitrogen and oxygen atoms in total. The summed E-state index contributed by atoms with van der Waals surface area (Å²) in [5, 5.41) is 0. The number of likely N-dealkylation sites (N-methyl/N-ethyl adjacent to an activating group) is 1. The number of hydrogen-bond acceptors (Lipinski definition) is 1. The lowest BCUT2D eigenvalue weighted by molar-refractivity contribution is 0.445. The van der Waals surface area contributed by atoms with Crippen molar-refractivity contribution in [1.29, 1.82) is 0 Å². The third kappa shape index (κ3) is 1.71. The fraction of sp³-hybridized carbons (Fsp3) is 0.556. The minimum Gasteiger partial charge on any atom is -0.305 e. The van der Waals surface area contributed by atoms with Gasteiger partial charge in [0.1, 0.15) is 0 Å². The molecule has 0 saturated carbocycles. The van der Waals surface area contributed by atoms with E-state index in [2.05, 4.69) is 31.7 Å². The van der Waals surface area contributed by atoms with E-state index in [1.165, 1.54) is 24.0 Å². The third-order valence-corrected chi connectivity index (χ3v) is 1.77. The van der Waals surface area contributed by atoms with Gasteiger partial charge in [-0.3, -0.25) is 0 Å². The molecule has 1 rings (SSSR count). The maximum absolute atomic E-state index is 4.01. The molecule has 0 N–H and O–H groups in total. The molecule has 0 saturated heterocycles. The summed E-state index contributed by atoms with van der Waals surface area (Å²) >= 11 is 0. The number of allylic oxidation sites excluding steroid dienone is 1. The van der Waals surface area contributed by atoms with E-state index >= 15 is 0 Å². The second-order valence-corrected chi connectivity index (χ2v) is 3.11. The molecule has 0 aromatic rings. The fourth-order valence-corrected chi connectivity index (χ4v) is 1.09. The molecule has 1 aliphatic rings. The number of hydrogen-bond donors (Lipinski definition) is 0. The highest BCUT2D eigenvalue weighted by molar-refractivity contribution is 5.34. The molecule has 0 unspecified atom stereocenters. The molecule has 0 bridgehead atoms. The van der Waals surface area contributed by atoms with Gasteiger partial charge in [0, 0.05) is 6.54 Å². The van der Waals surface area contributed by atoms with Crippen molar-refractivity contribution in [2.24, 2.45) is 0 Å². The van der Waals surface area contributed by atoms with Crippen molar-refractivity contribution in [2.45, 2.75) is 12.8 Å². The Kier molecular flexibility index (Phi) is 2.28. The average molecular weight is 137 g/mol. The van der Waals surface area contributed by atoms with Gasteiger partial charge in [-0.2, -0.15) is 0 Å². The topological polar surface area (TPSA) is 3.24 Å². The highest BCUT2D eigenvalue weighted by atomic mass is 15.0. The van der Waals surface area contributed by atoms with Crippen molar-refractivity contribution in [3.63, 3.8) is 0 Å². The van der Waals surface area contributed by atoms with Gasteiger partial charge in [-0.25, -0.2) is 0 Å². The van der Waals surface area contributed by atoms with Crippen molar-refractivity contribution >= 4 is 0 Å². The zero-order valence-corrected chi connectivity index (χ0v) is 6.85. The average Bonchev–Trinajstić information content (AvgIpc) is 1.55. The Morgan fingerprint density at radius 2 is 2.30 bits per heavy atom. The van der Waals surface area contributed by atoms with Crippen LogP contribution in [0.5, 0.6) is 0 Å². The standard InChI is InChI=1S/C9H15N/c1-8(7-10(2)3)9-5-4-6-9/h5H,1,4,6-7H2,2-3H3. The summed E-state index contributed by atoms with van der Waals surface area (Å²) in [6.07, 6.45) is 4.76. The first-order valence-corrected chi connectivity index (χ1v) is 3.72. The Morgan fingerprint density at radius 1 is 1.70 bits per heavy atom. The van der Waals surface area contributed by atoms with E-state index in [0.29, 0.717) is 0 Å². The predicted octanol–water partition coefficient (Wildman–Crippen LogP) is 1.82. The molecular formula is C9H15N. The first-order valence-electron chi connectivity index (χ1n) is 3.72. The van der Waals surface area contributed by atoms with Gasteiger partial charge in [0.2, 0.25) is 0 Å². The van der Waals surface area contributed by atoms with Crippen LogP contribution >= 0.6 is 0 Å². The minimum atomic E-state index is 1.01. The van der Waals surface area contributed by atoms with Gasteiger partial charge in [0.15, 0.2) is 0 Å². The quantitative estimate of drug-likeness (QED) is 0.573. The normalized spacial score (nSPS) is 16.5. The maximum Gasteiger partial charge on any atom is 0.0224 e. The van der Waals surface area contributed by atoms with E-state index in [1.54, 1.807) is 0 Å². The Balaban J connectivity index is 2.35. The van der Waals surface area contributed by atoms with Crippen LogP contribution in [0.2, 0.25) is 0 Å². The van der Waals surface area contributed by atoms with E-state index in [4.69, 9.17) is 0 Å². The number of rotatable bonds is 3.